The number of halogens is 1. The summed E-state index contributed by atoms with van der Waals surface area (Å²) in [6.07, 6.45) is 0.810. The largest absolute Gasteiger partial charge is 0.481 e. The number of ether oxygens (including phenoxy) is 1. The van der Waals surface area contributed by atoms with E-state index in [0.717, 1.165) is 12.0 Å². The van der Waals surface area contributed by atoms with Gasteiger partial charge in [0.15, 0.2) is 0 Å². The number of benzene rings is 1. The first-order valence-electron chi connectivity index (χ1n) is 6.92. The summed E-state index contributed by atoms with van der Waals surface area (Å²) in [6.45, 7) is 1.87. The van der Waals surface area contributed by atoms with Crippen molar-refractivity contribution in [3.63, 3.8) is 0 Å². The quantitative estimate of drug-likeness (QED) is 0.899. The maximum atomic E-state index is 12.4. The fourth-order valence-corrected chi connectivity index (χ4v) is 3.40. The Morgan fingerprint density at radius 3 is 2.57 bits per heavy atom. The van der Waals surface area contributed by atoms with Crippen molar-refractivity contribution in [2.24, 2.45) is 11.8 Å². The topological polar surface area (TPSA) is 75.6 Å². The van der Waals surface area contributed by atoms with Crippen LogP contribution < -0.4 is 5.32 Å². The molecule has 2 aliphatic rings. The third-order valence-electron chi connectivity index (χ3n) is 4.30. The van der Waals surface area contributed by atoms with Gasteiger partial charge in [-0.15, -0.1) is 0 Å². The summed E-state index contributed by atoms with van der Waals surface area (Å²) in [5, 5.41) is 12.6. The number of fused-ring (bicyclic) bond motifs is 2. The number of carboxylic acid groups (broad SMARTS) is 1. The van der Waals surface area contributed by atoms with Crippen molar-refractivity contribution in [3.05, 3.63) is 28.8 Å². The second-order valence-electron chi connectivity index (χ2n) is 5.63. The number of amides is 1. The van der Waals surface area contributed by atoms with E-state index in [1.807, 2.05) is 13.0 Å². The van der Waals surface area contributed by atoms with Crippen molar-refractivity contribution in [1.82, 2.24) is 0 Å². The van der Waals surface area contributed by atoms with Crippen molar-refractivity contribution in [1.29, 1.82) is 0 Å². The molecule has 5 nitrogen and oxygen atoms in total. The number of carbonyl (C=O) groups is 2. The lowest BCUT2D eigenvalue weighted by molar-refractivity contribution is -0.147. The van der Waals surface area contributed by atoms with E-state index in [1.54, 1.807) is 12.1 Å². The highest BCUT2D eigenvalue weighted by Crippen LogP contribution is 2.44. The first-order valence-corrected chi connectivity index (χ1v) is 7.30. The molecule has 0 aliphatic carbocycles. The molecule has 3 rings (SSSR count). The maximum absolute atomic E-state index is 12.4. The van der Waals surface area contributed by atoms with E-state index in [2.05, 4.69) is 5.32 Å². The number of aryl methyl sites for hydroxylation is 1. The third-order valence-corrected chi connectivity index (χ3v) is 4.71. The molecule has 2 bridgehead atoms. The van der Waals surface area contributed by atoms with Gasteiger partial charge in [0, 0.05) is 10.7 Å². The van der Waals surface area contributed by atoms with Gasteiger partial charge in [0.1, 0.15) is 0 Å². The molecule has 0 unspecified atom stereocenters. The molecular formula is C15H16ClNO4. The molecule has 2 N–H and O–H groups in total. The summed E-state index contributed by atoms with van der Waals surface area (Å²) >= 11 is 6.03. The molecule has 0 spiro atoms. The zero-order valence-corrected chi connectivity index (χ0v) is 12.3. The molecule has 1 aromatic carbocycles. The van der Waals surface area contributed by atoms with E-state index in [4.69, 9.17) is 16.3 Å². The normalized spacial score (nSPS) is 30.4. The number of hydrogen-bond acceptors (Lipinski definition) is 3. The smallest absolute Gasteiger partial charge is 0.310 e. The molecule has 2 aliphatic heterocycles. The second kappa shape index (κ2) is 5.31. The van der Waals surface area contributed by atoms with Crippen molar-refractivity contribution in [2.45, 2.75) is 32.0 Å². The number of rotatable bonds is 3. The Balaban J connectivity index is 1.78. The third kappa shape index (κ3) is 2.51. The van der Waals surface area contributed by atoms with Crippen LogP contribution in [0.4, 0.5) is 5.69 Å². The fraction of sp³-hybridized carbons (Fsp3) is 0.467. The summed E-state index contributed by atoms with van der Waals surface area (Å²) in [5.41, 5.74) is 1.49. The van der Waals surface area contributed by atoms with E-state index < -0.39 is 17.8 Å². The number of aliphatic carboxylic acids is 1. The van der Waals surface area contributed by atoms with Crippen LogP contribution in [-0.4, -0.2) is 29.2 Å². The van der Waals surface area contributed by atoms with Gasteiger partial charge in [-0.2, -0.15) is 0 Å². The molecule has 6 heteroatoms. The molecular weight excluding hydrogens is 294 g/mol. The molecule has 2 heterocycles. The summed E-state index contributed by atoms with van der Waals surface area (Å²) in [5.74, 6) is -2.68. The van der Waals surface area contributed by atoms with E-state index in [9.17, 15) is 14.7 Å². The summed E-state index contributed by atoms with van der Waals surface area (Å²) in [7, 11) is 0. The summed E-state index contributed by atoms with van der Waals surface area (Å²) in [6, 6.07) is 5.23. The number of anilines is 1. The Labute approximate surface area is 127 Å². The molecule has 0 aromatic heterocycles. The Hall–Kier alpha value is -1.59. The SMILES string of the molecule is Cc1ccc(NC(=O)[C@H]2[C@H](C(=O)O)[C@H]3CC[C@H]2O3)cc1Cl. The van der Waals surface area contributed by atoms with Gasteiger partial charge in [0.2, 0.25) is 5.91 Å². The average molecular weight is 310 g/mol. The summed E-state index contributed by atoms with van der Waals surface area (Å²) in [4.78, 5) is 23.8. The first kappa shape index (κ1) is 14.4. The molecule has 2 fully saturated rings. The van der Waals surface area contributed by atoms with Gasteiger partial charge in [0.25, 0.3) is 0 Å². The minimum Gasteiger partial charge on any atom is -0.481 e. The van der Waals surface area contributed by atoms with Crippen LogP contribution in [0.25, 0.3) is 0 Å². The van der Waals surface area contributed by atoms with Crippen molar-refractivity contribution in [2.75, 3.05) is 5.32 Å². The van der Waals surface area contributed by atoms with Gasteiger partial charge in [-0.3, -0.25) is 9.59 Å². The monoisotopic (exact) mass is 309 g/mol. The molecule has 0 radical (unpaired) electrons. The standard InChI is InChI=1S/C15H16ClNO4/c1-7-2-3-8(6-9(7)16)17-14(18)12-10-4-5-11(21-10)13(12)15(19)20/h2-3,6,10-13H,4-5H2,1H3,(H,17,18)(H,19,20)/t10-,11-,12-,13-/m1/s1. The number of carbonyl (C=O) groups excluding carboxylic acids is 1. The molecule has 21 heavy (non-hydrogen) atoms. The minimum atomic E-state index is -0.968. The second-order valence-corrected chi connectivity index (χ2v) is 6.04. The molecule has 1 amide bonds. The first-order chi connectivity index (χ1) is 9.97. The highest BCUT2D eigenvalue weighted by Gasteiger charge is 2.55. The van der Waals surface area contributed by atoms with Crippen LogP contribution in [0, 0.1) is 18.8 Å². The lowest BCUT2D eigenvalue weighted by atomic mass is 9.78. The van der Waals surface area contributed by atoms with E-state index in [-0.39, 0.29) is 18.1 Å². The molecule has 0 saturated carbocycles. The molecule has 2 saturated heterocycles. The lowest BCUT2D eigenvalue weighted by Crippen LogP contribution is -2.40. The van der Waals surface area contributed by atoms with E-state index in [1.165, 1.54) is 0 Å². The Kier molecular flexibility index (Phi) is 3.63. The number of nitrogens with one attached hydrogen (secondary N) is 1. The van der Waals surface area contributed by atoms with Crippen molar-refractivity contribution < 1.29 is 19.4 Å². The number of hydrogen-bond donors (Lipinski definition) is 2. The Bertz CT molecular complexity index is 603. The molecule has 112 valence electrons. The molecule has 1 aromatic rings. The number of carboxylic acids is 1. The van der Waals surface area contributed by atoms with E-state index >= 15 is 0 Å². The van der Waals surface area contributed by atoms with Gasteiger partial charge in [-0.25, -0.2) is 0 Å². The van der Waals surface area contributed by atoms with Crippen molar-refractivity contribution in [3.8, 4) is 0 Å². The van der Waals surface area contributed by atoms with Gasteiger partial charge in [-0.1, -0.05) is 17.7 Å². The zero-order valence-electron chi connectivity index (χ0n) is 11.5. The van der Waals surface area contributed by atoms with Crippen LogP contribution in [-0.2, 0) is 14.3 Å². The zero-order chi connectivity index (χ0) is 15.1. The summed E-state index contributed by atoms with van der Waals surface area (Å²) < 4.78 is 5.59. The van der Waals surface area contributed by atoms with Gasteiger partial charge in [0.05, 0.1) is 24.0 Å². The van der Waals surface area contributed by atoms with Gasteiger partial charge in [-0.05, 0) is 37.5 Å². The van der Waals surface area contributed by atoms with Crippen molar-refractivity contribution >= 4 is 29.2 Å². The highest BCUT2D eigenvalue weighted by molar-refractivity contribution is 6.31. The predicted molar refractivity (Wildman–Crippen MR) is 77.3 cm³/mol. The van der Waals surface area contributed by atoms with Gasteiger partial charge < -0.3 is 15.2 Å². The van der Waals surface area contributed by atoms with Crippen LogP contribution >= 0.6 is 11.6 Å². The minimum absolute atomic E-state index is 0.294. The van der Waals surface area contributed by atoms with Gasteiger partial charge >= 0.3 is 5.97 Å². The van der Waals surface area contributed by atoms with Crippen LogP contribution in [0.2, 0.25) is 5.02 Å². The Morgan fingerprint density at radius 2 is 1.95 bits per heavy atom. The fourth-order valence-electron chi connectivity index (χ4n) is 3.22. The van der Waals surface area contributed by atoms with Crippen LogP contribution in [0.5, 0.6) is 0 Å². The van der Waals surface area contributed by atoms with Crippen LogP contribution in [0.3, 0.4) is 0 Å². The van der Waals surface area contributed by atoms with E-state index in [0.29, 0.717) is 17.1 Å². The maximum Gasteiger partial charge on any atom is 0.310 e. The van der Waals surface area contributed by atoms with Crippen LogP contribution in [0.1, 0.15) is 18.4 Å². The average Bonchev–Trinajstić information content (AvgIpc) is 3.03. The molecule has 4 atom stereocenters. The lowest BCUT2D eigenvalue weighted by Gasteiger charge is -2.23. The predicted octanol–water partition coefficient (Wildman–Crippen LogP) is 2.47. The van der Waals surface area contributed by atoms with Crippen LogP contribution in [0.15, 0.2) is 18.2 Å². The Morgan fingerprint density at radius 1 is 1.29 bits per heavy atom. The highest BCUT2D eigenvalue weighted by atomic mass is 35.5.